The van der Waals surface area contributed by atoms with E-state index in [2.05, 4.69) is 6.07 Å². The maximum absolute atomic E-state index is 11.9. The van der Waals surface area contributed by atoms with Gasteiger partial charge in [0.1, 0.15) is 11.4 Å². The number of methoxy groups -OCH3 is 1. The van der Waals surface area contributed by atoms with E-state index < -0.39 is 5.60 Å². The highest BCUT2D eigenvalue weighted by Gasteiger charge is 2.19. The third-order valence-electron chi connectivity index (χ3n) is 3.37. The lowest BCUT2D eigenvalue weighted by Crippen LogP contribution is -2.35. The number of carbonyl (C=O) groups is 1. The maximum atomic E-state index is 11.9. The van der Waals surface area contributed by atoms with Crippen molar-refractivity contribution < 1.29 is 14.3 Å². The normalized spacial score (nSPS) is 11.5. The Labute approximate surface area is 131 Å². The Kier molecular flexibility index (Phi) is 4.64. The van der Waals surface area contributed by atoms with E-state index in [9.17, 15) is 4.79 Å². The summed E-state index contributed by atoms with van der Waals surface area (Å²) in [5, 5.41) is 0. The second kappa shape index (κ2) is 6.30. The molecule has 0 spiro atoms. The molecule has 2 rings (SSSR count). The number of amides is 1. The minimum atomic E-state index is -0.468. The highest BCUT2D eigenvalue weighted by Crippen LogP contribution is 2.18. The van der Waals surface area contributed by atoms with Gasteiger partial charge in [0.05, 0.1) is 13.3 Å². The zero-order valence-electron chi connectivity index (χ0n) is 13.9. The van der Waals surface area contributed by atoms with Gasteiger partial charge in [-0.05, 0) is 51.0 Å². The first kappa shape index (κ1) is 16.2. The van der Waals surface area contributed by atoms with Gasteiger partial charge < -0.3 is 18.8 Å². The van der Waals surface area contributed by atoms with Gasteiger partial charge in [0.2, 0.25) is 0 Å². The van der Waals surface area contributed by atoms with Gasteiger partial charge in [-0.25, -0.2) is 4.79 Å². The molecule has 0 aliphatic rings. The number of hydrogen-bond acceptors (Lipinski definition) is 3. The van der Waals surface area contributed by atoms with Gasteiger partial charge in [-0.3, -0.25) is 0 Å². The van der Waals surface area contributed by atoms with Crippen LogP contribution in [0.1, 0.15) is 26.3 Å². The highest BCUT2D eigenvalue weighted by molar-refractivity contribution is 5.68. The molecule has 0 fully saturated rings. The van der Waals surface area contributed by atoms with Crippen LogP contribution in [0.3, 0.4) is 0 Å². The standard InChI is InChI=1S/C17H24N2O3/c1-17(2,3)22-16(20)18(4)10-8-13-9-11-19-12-14(21-5)6-7-15(13)19/h6-7,9,11-12H,8,10H2,1-5H3. The quantitative estimate of drug-likeness (QED) is 0.870. The lowest BCUT2D eigenvalue weighted by atomic mass is 10.2. The minimum absolute atomic E-state index is 0.294. The molecule has 0 aliphatic carbocycles. The van der Waals surface area contributed by atoms with Crippen molar-refractivity contribution in [2.75, 3.05) is 20.7 Å². The summed E-state index contributed by atoms with van der Waals surface area (Å²) in [6.45, 7) is 6.22. The van der Waals surface area contributed by atoms with Crippen LogP contribution in [-0.4, -0.2) is 41.7 Å². The van der Waals surface area contributed by atoms with Crippen LogP contribution in [0.15, 0.2) is 30.6 Å². The molecule has 2 aromatic heterocycles. The van der Waals surface area contributed by atoms with Crippen molar-refractivity contribution in [2.45, 2.75) is 32.8 Å². The summed E-state index contributed by atoms with van der Waals surface area (Å²) in [6.07, 6.45) is 4.42. The fraction of sp³-hybridized carbons (Fsp3) is 0.471. The molecule has 0 bridgehead atoms. The zero-order valence-corrected chi connectivity index (χ0v) is 13.9. The summed E-state index contributed by atoms with van der Waals surface area (Å²) in [4.78, 5) is 13.6. The fourth-order valence-electron chi connectivity index (χ4n) is 2.20. The number of carbonyl (C=O) groups excluding carboxylic acids is 1. The number of rotatable bonds is 4. The average molecular weight is 304 g/mol. The number of pyridine rings is 1. The Morgan fingerprint density at radius 1 is 1.27 bits per heavy atom. The van der Waals surface area contributed by atoms with E-state index in [0.29, 0.717) is 6.54 Å². The first-order valence-corrected chi connectivity index (χ1v) is 7.38. The molecule has 5 nitrogen and oxygen atoms in total. The molecule has 0 aliphatic heterocycles. The van der Waals surface area contributed by atoms with Crippen LogP contribution in [0.4, 0.5) is 4.79 Å². The van der Waals surface area contributed by atoms with E-state index in [1.54, 1.807) is 19.1 Å². The minimum Gasteiger partial charge on any atom is -0.495 e. The van der Waals surface area contributed by atoms with Crippen molar-refractivity contribution in [1.29, 1.82) is 0 Å². The average Bonchev–Trinajstić information content (AvgIpc) is 2.84. The molecule has 22 heavy (non-hydrogen) atoms. The predicted molar refractivity (Wildman–Crippen MR) is 86.5 cm³/mol. The second-order valence-electron chi connectivity index (χ2n) is 6.35. The zero-order chi connectivity index (χ0) is 16.3. The number of likely N-dealkylation sites (N-methyl/N-ethyl adjacent to an activating group) is 1. The molecule has 5 heteroatoms. The topological polar surface area (TPSA) is 43.2 Å². The molecule has 2 heterocycles. The molecule has 0 aromatic carbocycles. The highest BCUT2D eigenvalue weighted by atomic mass is 16.6. The van der Waals surface area contributed by atoms with E-state index in [1.165, 1.54) is 5.56 Å². The Bertz CT molecular complexity index is 655. The Morgan fingerprint density at radius 2 is 2.00 bits per heavy atom. The van der Waals surface area contributed by atoms with Gasteiger partial charge in [-0.2, -0.15) is 0 Å². The van der Waals surface area contributed by atoms with Crippen molar-refractivity contribution in [3.8, 4) is 5.75 Å². The maximum Gasteiger partial charge on any atom is 0.410 e. The summed E-state index contributed by atoms with van der Waals surface area (Å²) in [6, 6.07) is 6.04. The first-order chi connectivity index (χ1) is 10.3. The van der Waals surface area contributed by atoms with E-state index in [1.807, 2.05) is 49.7 Å². The molecular formula is C17H24N2O3. The smallest absolute Gasteiger partial charge is 0.410 e. The molecule has 1 amide bonds. The lowest BCUT2D eigenvalue weighted by Gasteiger charge is -2.24. The van der Waals surface area contributed by atoms with Gasteiger partial charge in [-0.15, -0.1) is 0 Å². The number of fused-ring (bicyclic) bond motifs is 1. The van der Waals surface area contributed by atoms with Crippen molar-refractivity contribution in [2.24, 2.45) is 0 Å². The van der Waals surface area contributed by atoms with Gasteiger partial charge in [0.25, 0.3) is 0 Å². The first-order valence-electron chi connectivity index (χ1n) is 7.38. The van der Waals surface area contributed by atoms with Crippen LogP contribution in [0, 0.1) is 0 Å². The van der Waals surface area contributed by atoms with Crippen molar-refractivity contribution in [3.05, 3.63) is 36.2 Å². The molecule has 2 aromatic rings. The van der Waals surface area contributed by atoms with Gasteiger partial charge in [0.15, 0.2) is 0 Å². The summed E-state index contributed by atoms with van der Waals surface area (Å²) < 4.78 is 12.6. The molecule has 0 saturated heterocycles. The van der Waals surface area contributed by atoms with Gasteiger partial charge in [0, 0.05) is 25.3 Å². The van der Waals surface area contributed by atoms with Crippen LogP contribution < -0.4 is 4.74 Å². The van der Waals surface area contributed by atoms with Crippen LogP contribution in [-0.2, 0) is 11.2 Å². The van der Waals surface area contributed by atoms with Crippen molar-refractivity contribution in [3.63, 3.8) is 0 Å². The predicted octanol–water partition coefficient (Wildman–Crippen LogP) is 3.36. The third-order valence-corrected chi connectivity index (χ3v) is 3.37. The van der Waals surface area contributed by atoms with Crippen LogP contribution in [0.25, 0.3) is 5.52 Å². The number of ether oxygens (including phenoxy) is 2. The summed E-state index contributed by atoms with van der Waals surface area (Å²) in [5.41, 5.74) is 1.85. The van der Waals surface area contributed by atoms with E-state index >= 15 is 0 Å². The Morgan fingerprint density at radius 3 is 2.64 bits per heavy atom. The van der Waals surface area contributed by atoms with E-state index in [-0.39, 0.29) is 6.09 Å². The second-order valence-corrected chi connectivity index (χ2v) is 6.35. The summed E-state index contributed by atoms with van der Waals surface area (Å²) in [7, 11) is 3.41. The Hall–Kier alpha value is -2.17. The molecule has 0 saturated carbocycles. The molecule has 0 N–H and O–H groups in total. The Balaban J connectivity index is 2.01. The molecule has 0 radical (unpaired) electrons. The van der Waals surface area contributed by atoms with Crippen LogP contribution in [0.2, 0.25) is 0 Å². The molecular weight excluding hydrogens is 280 g/mol. The van der Waals surface area contributed by atoms with Crippen LogP contribution in [0.5, 0.6) is 5.75 Å². The molecule has 0 unspecified atom stereocenters. The van der Waals surface area contributed by atoms with E-state index in [0.717, 1.165) is 17.7 Å². The summed E-state index contributed by atoms with van der Waals surface area (Å²) >= 11 is 0. The van der Waals surface area contributed by atoms with Gasteiger partial charge in [-0.1, -0.05) is 0 Å². The molecule has 120 valence electrons. The van der Waals surface area contributed by atoms with Crippen molar-refractivity contribution >= 4 is 11.6 Å². The van der Waals surface area contributed by atoms with E-state index in [4.69, 9.17) is 9.47 Å². The number of hydrogen-bond donors (Lipinski definition) is 0. The summed E-state index contributed by atoms with van der Waals surface area (Å²) in [5.74, 6) is 0.820. The third kappa shape index (κ3) is 3.93. The number of aromatic nitrogens is 1. The van der Waals surface area contributed by atoms with Crippen LogP contribution >= 0.6 is 0 Å². The SMILES string of the molecule is COc1ccc2c(CCN(C)C(=O)OC(C)(C)C)ccn2c1. The van der Waals surface area contributed by atoms with Gasteiger partial charge >= 0.3 is 6.09 Å². The number of nitrogens with zero attached hydrogens (tertiary/aromatic N) is 2. The lowest BCUT2D eigenvalue weighted by molar-refractivity contribution is 0.0301. The molecule has 0 atom stereocenters. The fourth-order valence-corrected chi connectivity index (χ4v) is 2.20. The monoisotopic (exact) mass is 304 g/mol. The van der Waals surface area contributed by atoms with Crippen molar-refractivity contribution in [1.82, 2.24) is 9.30 Å². The largest absolute Gasteiger partial charge is 0.495 e.